The molecule has 49 heavy (non-hydrogen) atoms. The van der Waals surface area contributed by atoms with Crippen molar-refractivity contribution in [1.82, 2.24) is 29.3 Å². The van der Waals surface area contributed by atoms with Crippen LogP contribution < -0.4 is 15.7 Å². The first-order valence-electron chi connectivity index (χ1n) is 16.8. The Balaban J connectivity index is 1.08. The summed E-state index contributed by atoms with van der Waals surface area (Å²) in [6, 6.07) is 13.0. The Kier molecular flexibility index (Phi) is 10.3. The van der Waals surface area contributed by atoms with Crippen molar-refractivity contribution in [3.63, 3.8) is 0 Å². The summed E-state index contributed by atoms with van der Waals surface area (Å²) in [4.78, 5) is 49.6. The van der Waals surface area contributed by atoms with E-state index in [-0.39, 0.29) is 36.4 Å². The standard InChI is InChI=1S/C36H43ClN6O6/c1-23-29(17-25(37)18-38-23)33(44)40-26-11-9-24(10-12-26)20-42-30-7-5-6-8-31(30)43(34(42)45)27-13-14-32(39-19-27)48-22-28-21-41(15-16-47-28)35(46)49-36(2,3)4/h5-8,13-14,17-19,24,26,28H,9-12,15-16,20-22H2,1-4H3,(H,40,44)/t24?,26?,28-/m1/s1. The number of halogens is 1. The van der Waals surface area contributed by atoms with Crippen molar-refractivity contribution >= 4 is 34.6 Å². The number of morpholine rings is 1. The highest BCUT2D eigenvalue weighted by atomic mass is 35.5. The Hall–Kier alpha value is -4.42. The average molecular weight is 691 g/mol. The Morgan fingerprint density at radius 2 is 1.80 bits per heavy atom. The number of fused-ring (bicyclic) bond motifs is 1. The van der Waals surface area contributed by atoms with Crippen LogP contribution in [0.3, 0.4) is 0 Å². The molecule has 0 spiro atoms. The largest absolute Gasteiger partial charge is 0.475 e. The van der Waals surface area contributed by atoms with Crippen LogP contribution in [0.1, 0.15) is 62.5 Å². The van der Waals surface area contributed by atoms with Gasteiger partial charge in [0.25, 0.3) is 5.91 Å². The molecule has 3 aromatic heterocycles. The lowest BCUT2D eigenvalue weighted by atomic mass is 9.85. The number of nitrogens with one attached hydrogen (secondary N) is 1. The zero-order valence-corrected chi connectivity index (χ0v) is 29.1. The number of carbonyl (C=O) groups excluding carboxylic acids is 2. The molecule has 1 aliphatic heterocycles. The number of rotatable bonds is 8. The number of pyridine rings is 2. The predicted octanol–water partition coefficient (Wildman–Crippen LogP) is 5.55. The minimum absolute atomic E-state index is 0.0561. The minimum atomic E-state index is -0.571. The first-order valence-corrected chi connectivity index (χ1v) is 17.1. The zero-order valence-electron chi connectivity index (χ0n) is 28.4. The van der Waals surface area contributed by atoms with Gasteiger partial charge >= 0.3 is 11.8 Å². The van der Waals surface area contributed by atoms with Crippen LogP contribution in [0.15, 0.2) is 59.7 Å². The molecule has 260 valence electrons. The van der Waals surface area contributed by atoms with Crippen LogP contribution in [0.25, 0.3) is 16.7 Å². The third-order valence-electron chi connectivity index (χ3n) is 8.94. The van der Waals surface area contributed by atoms with E-state index in [1.165, 1.54) is 6.20 Å². The van der Waals surface area contributed by atoms with E-state index in [1.54, 1.807) is 34.7 Å². The second kappa shape index (κ2) is 14.6. The summed E-state index contributed by atoms with van der Waals surface area (Å²) in [7, 11) is 0. The molecule has 0 bridgehead atoms. The molecule has 6 rings (SSSR count). The lowest BCUT2D eigenvalue weighted by Gasteiger charge is -2.34. The van der Waals surface area contributed by atoms with Crippen molar-refractivity contribution in [3.8, 4) is 11.6 Å². The van der Waals surface area contributed by atoms with Crippen LogP contribution in [-0.4, -0.2) is 80.1 Å². The van der Waals surface area contributed by atoms with E-state index >= 15 is 0 Å². The second-order valence-corrected chi connectivity index (χ2v) is 14.2. The van der Waals surface area contributed by atoms with Gasteiger partial charge in [0.2, 0.25) is 5.88 Å². The molecule has 1 saturated carbocycles. The van der Waals surface area contributed by atoms with Crippen LogP contribution in [0.2, 0.25) is 5.02 Å². The van der Waals surface area contributed by atoms with E-state index in [2.05, 4.69) is 15.3 Å². The van der Waals surface area contributed by atoms with Crippen LogP contribution in [0.5, 0.6) is 5.88 Å². The number of para-hydroxylation sites is 2. The molecule has 1 atom stereocenters. The van der Waals surface area contributed by atoms with Gasteiger partial charge in [-0.25, -0.2) is 14.6 Å². The fourth-order valence-corrected chi connectivity index (χ4v) is 6.62. The predicted molar refractivity (Wildman–Crippen MR) is 186 cm³/mol. The van der Waals surface area contributed by atoms with Gasteiger partial charge in [0.15, 0.2) is 0 Å². The molecule has 1 saturated heterocycles. The fraction of sp³-hybridized carbons (Fsp3) is 0.472. The maximum atomic E-state index is 13.9. The quantitative estimate of drug-likeness (QED) is 0.255. The number of amides is 2. The van der Waals surface area contributed by atoms with E-state index in [4.69, 9.17) is 25.8 Å². The van der Waals surface area contributed by atoms with Crippen LogP contribution >= 0.6 is 11.6 Å². The SMILES string of the molecule is Cc1ncc(Cl)cc1C(=O)NC1CCC(Cn2c(=O)n(-c3ccc(OC[C@H]4CN(C(=O)OC(C)(C)C)CCO4)nc3)c3ccccc32)CC1. The van der Waals surface area contributed by atoms with E-state index in [0.29, 0.717) is 60.0 Å². The number of imidazole rings is 1. The molecule has 12 nitrogen and oxygen atoms in total. The lowest BCUT2D eigenvalue weighted by molar-refractivity contribution is -0.0561. The first-order chi connectivity index (χ1) is 23.4. The zero-order chi connectivity index (χ0) is 34.7. The van der Waals surface area contributed by atoms with Gasteiger partial charge in [0, 0.05) is 31.4 Å². The molecule has 1 N–H and O–H groups in total. The van der Waals surface area contributed by atoms with Gasteiger partial charge in [-0.05, 0) is 83.6 Å². The second-order valence-electron chi connectivity index (χ2n) is 13.8. The highest BCUT2D eigenvalue weighted by Gasteiger charge is 2.29. The fourth-order valence-electron chi connectivity index (χ4n) is 6.46. The third-order valence-corrected chi connectivity index (χ3v) is 9.15. The molecular formula is C36H43ClN6O6. The summed E-state index contributed by atoms with van der Waals surface area (Å²) in [5, 5.41) is 3.58. The van der Waals surface area contributed by atoms with Crippen LogP contribution in [-0.2, 0) is 16.0 Å². The number of hydrogen-bond donors (Lipinski definition) is 1. The molecule has 1 aromatic carbocycles. The third kappa shape index (κ3) is 8.25. The lowest BCUT2D eigenvalue weighted by Crippen LogP contribution is -2.49. The number of benzene rings is 1. The molecular weight excluding hydrogens is 648 g/mol. The van der Waals surface area contributed by atoms with Gasteiger partial charge < -0.3 is 24.4 Å². The number of nitrogens with zero attached hydrogens (tertiary/aromatic N) is 5. The summed E-state index contributed by atoms with van der Waals surface area (Å²) in [6.07, 6.45) is 5.91. The van der Waals surface area contributed by atoms with E-state index in [1.807, 2.05) is 55.7 Å². The van der Waals surface area contributed by atoms with Crippen molar-refractivity contribution in [2.75, 3.05) is 26.3 Å². The van der Waals surface area contributed by atoms with E-state index < -0.39 is 5.60 Å². The maximum Gasteiger partial charge on any atom is 0.410 e. The molecule has 4 heterocycles. The Bertz CT molecular complexity index is 1860. The van der Waals surface area contributed by atoms with Gasteiger partial charge in [-0.15, -0.1) is 0 Å². The van der Waals surface area contributed by atoms with Crippen molar-refractivity contribution in [2.24, 2.45) is 5.92 Å². The molecule has 0 radical (unpaired) electrons. The molecule has 13 heteroatoms. The highest BCUT2D eigenvalue weighted by Crippen LogP contribution is 2.28. The normalized spacial score (nSPS) is 19.9. The van der Waals surface area contributed by atoms with E-state index in [9.17, 15) is 14.4 Å². The number of ether oxygens (including phenoxy) is 3. The Morgan fingerprint density at radius 1 is 1.04 bits per heavy atom. The molecule has 2 aliphatic rings. The minimum Gasteiger partial charge on any atom is -0.475 e. The molecule has 0 unspecified atom stereocenters. The molecule has 2 fully saturated rings. The van der Waals surface area contributed by atoms with Gasteiger partial charge in [0.05, 0.1) is 52.3 Å². The number of carbonyl (C=O) groups is 2. The number of hydrogen-bond acceptors (Lipinski definition) is 8. The Labute approximate surface area is 290 Å². The van der Waals surface area contributed by atoms with E-state index in [0.717, 1.165) is 36.7 Å². The van der Waals surface area contributed by atoms with Crippen molar-refractivity contribution in [3.05, 3.63) is 81.6 Å². The van der Waals surface area contributed by atoms with Gasteiger partial charge in [-0.2, -0.15) is 0 Å². The van der Waals surface area contributed by atoms with Gasteiger partial charge in [-0.1, -0.05) is 23.7 Å². The van der Waals surface area contributed by atoms with Crippen molar-refractivity contribution in [1.29, 1.82) is 0 Å². The summed E-state index contributed by atoms with van der Waals surface area (Å²) in [5.41, 5.74) is 2.73. The maximum absolute atomic E-state index is 13.9. The summed E-state index contributed by atoms with van der Waals surface area (Å²) in [5.74, 6) is 0.526. The summed E-state index contributed by atoms with van der Waals surface area (Å²) in [6.45, 7) is 9.33. The number of aromatic nitrogens is 4. The summed E-state index contributed by atoms with van der Waals surface area (Å²) >= 11 is 6.07. The summed E-state index contributed by atoms with van der Waals surface area (Å²) < 4.78 is 20.7. The van der Waals surface area contributed by atoms with Gasteiger partial charge in [-0.3, -0.25) is 18.9 Å². The first kappa shape index (κ1) is 34.4. The molecule has 2 amide bonds. The van der Waals surface area contributed by atoms with Crippen molar-refractivity contribution < 1.29 is 23.8 Å². The van der Waals surface area contributed by atoms with Gasteiger partial charge in [0.1, 0.15) is 18.3 Å². The van der Waals surface area contributed by atoms with Crippen LogP contribution in [0, 0.1) is 12.8 Å². The monoisotopic (exact) mass is 690 g/mol. The average Bonchev–Trinajstić information content (AvgIpc) is 3.35. The smallest absolute Gasteiger partial charge is 0.410 e. The Morgan fingerprint density at radius 3 is 2.51 bits per heavy atom. The topological polar surface area (TPSA) is 130 Å². The molecule has 1 aliphatic carbocycles. The highest BCUT2D eigenvalue weighted by molar-refractivity contribution is 6.30. The molecule has 4 aromatic rings. The number of aryl methyl sites for hydroxylation is 1. The van der Waals surface area contributed by atoms with Crippen LogP contribution in [0.4, 0.5) is 4.79 Å². The van der Waals surface area contributed by atoms with Crippen molar-refractivity contribution in [2.45, 2.75) is 77.7 Å².